The summed E-state index contributed by atoms with van der Waals surface area (Å²) in [6.45, 7) is 1.63. The van der Waals surface area contributed by atoms with E-state index in [1.165, 1.54) is 11.3 Å². The molecule has 1 N–H and O–H groups in total. The van der Waals surface area contributed by atoms with Crippen LogP contribution in [0.5, 0.6) is 0 Å². The zero-order valence-corrected chi connectivity index (χ0v) is 15.1. The molecule has 3 heterocycles. The molecule has 0 bridgehead atoms. The fourth-order valence-electron chi connectivity index (χ4n) is 4.26. The molecule has 8 heteroatoms. The van der Waals surface area contributed by atoms with E-state index in [1.807, 2.05) is 5.38 Å². The summed E-state index contributed by atoms with van der Waals surface area (Å²) >= 11 is 1.46. The molecule has 0 radical (unpaired) electrons. The third-order valence-corrected chi connectivity index (χ3v) is 8.13. The Morgan fingerprint density at radius 3 is 2.75 bits per heavy atom. The van der Waals surface area contributed by atoms with Crippen molar-refractivity contribution < 1.29 is 17.9 Å². The molecule has 1 saturated carbocycles. The number of carbonyl (C=O) groups excluding carboxylic acids is 1. The Labute approximate surface area is 145 Å². The van der Waals surface area contributed by atoms with Crippen LogP contribution in [0.25, 0.3) is 0 Å². The Morgan fingerprint density at radius 1 is 1.33 bits per heavy atom. The highest BCUT2D eigenvalue weighted by Gasteiger charge is 2.46. The molecule has 4 atom stereocenters. The van der Waals surface area contributed by atoms with Crippen LogP contribution in [0.1, 0.15) is 25.0 Å². The molecule has 0 spiro atoms. The maximum Gasteiger partial charge on any atom is 0.229 e. The number of hydrogen-bond acceptors (Lipinski definition) is 6. The number of rotatable bonds is 4. The number of sulfone groups is 1. The number of hydrogen-bond donors (Lipinski definition) is 1. The standard InChI is InChI=1S/C16H22N2O4S2/c19-15(11-4-12-8-24(20,21)9-13(12)5-11)18-16-17-14(7-23-16)3-10-1-2-22-6-10/h7,10-13H,1-6,8-9H2,(H,17,18,19)/t10?,11?,12-,13+. The predicted octanol–water partition coefficient (Wildman–Crippen LogP) is 1.73. The van der Waals surface area contributed by atoms with E-state index < -0.39 is 9.84 Å². The summed E-state index contributed by atoms with van der Waals surface area (Å²) < 4.78 is 28.7. The third kappa shape index (κ3) is 3.50. The number of ether oxygens (including phenoxy) is 1. The first kappa shape index (κ1) is 16.5. The lowest BCUT2D eigenvalue weighted by atomic mass is 10.0. The monoisotopic (exact) mass is 370 g/mol. The van der Waals surface area contributed by atoms with Crippen LogP contribution in [-0.4, -0.2) is 44.0 Å². The minimum Gasteiger partial charge on any atom is -0.381 e. The SMILES string of the molecule is O=C(Nc1nc(CC2CCOC2)cs1)C1C[C@@H]2CS(=O)(=O)C[C@@H]2C1. The van der Waals surface area contributed by atoms with Gasteiger partial charge in [-0.2, -0.15) is 0 Å². The van der Waals surface area contributed by atoms with Crippen molar-refractivity contribution in [2.24, 2.45) is 23.7 Å². The fourth-order valence-corrected chi connectivity index (χ4v) is 7.24. The van der Waals surface area contributed by atoms with Gasteiger partial charge < -0.3 is 10.1 Å². The average Bonchev–Trinajstić information content (AvgIpc) is 3.24. The van der Waals surface area contributed by atoms with Crippen LogP contribution in [0.4, 0.5) is 5.13 Å². The summed E-state index contributed by atoms with van der Waals surface area (Å²) in [6, 6.07) is 0. The van der Waals surface area contributed by atoms with E-state index in [4.69, 9.17) is 4.74 Å². The van der Waals surface area contributed by atoms with Gasteiger partial charge in [-0.15, -0.1) is 11.3 Å². The summed E-state index contributed by atoms with van der Waals surface area (Å²) in [6.07, 6.45) is 3.35. The first-order valence-electron chi connectivity index (χ1n) is 8.52. The molecule has 1 aliphatic carbocycles. The summed E-state index contributed by atoms with van der Waals surface area (Å²) in [5.74, 6) is 1.29. The van der Waals surface area contributed by atoms with Gasteiger partial charge in [0.15, 0.2) is 15.0 Å². The van der Waals surface area contributed by atoms with Crippen LogP contribution in [0, 0.1) is 23.7 Å². The molecule has 132 valence electrons. The first-order chi connectivity index (χ1) is 11.5. The van der Waals surface area contributed by atoms with Gasteiger partial charge in [-0.3, -0.25) is 4.79 Å². The number of amides is 1. The Kier molecular flexibility index (Phi) is 4.38. The number of fused-ring (bicyclic) bond motifs is 1. The van der Waals surface area contributed by atoms with Crippen LogP contribution in [0.15, 0.2) is 5.38 Å². The number of anilines is 1. The highest BCUT2D eigenvalue weighted by Crippen LogP contribution is 2.43. The molecule has 4 rings (SSSR count). The van der Waals surface area contributed by atoms with E-state index in [1.54, 1.807) is 0 Å². The van der Waals surface area contributed by atoms with Gasteiger partial charge in [0.2, 0.25) is 5.91 Å². The van der Waals surface area contributed by atoms with Gasteiger partial charge in [0.1, 0.15) is 0 Å². The van der Waals surface area contributed by atoms with E-state index >= 15 is 0 Å². The molecule has 3 aliphatic rings. The van der Waals surface area contributed by atoms with Gasteiger partial charge in [-0.05, 0) is 43.4 Å². The van der Waals surface area contributed by atoms with Crippen molar-refractivity contribution >= 4 is 32.2 Å². The predicted molar refractivity (Wildman–Crippen MR) is 91.7 cm³/mol. The van der Waals surface area contributed by atoms with Gasteiger partial charge in [0, 0.05) is 24.5 Å². The minimum absolute atomic E-state index is 0.00750. The van der Waals surface area contributed by atoms with Crippen molar-refractivity contribution in [3.8, 4) is 0 Å². The summed E-state index contributed by atoms with van der Waals surface area (Å²) in [4.78, 5) is 17.0. The second-order valence-corrected chi connectivity index (χ2v) is 10.3. The van der Waals surface area contributed by atoms with Crippen LogP contribution in [0.2, 0.25) is 0 Å². The topological polar surface area (TPSA) is 85.4 Å². The van der Waals surface area contributed by atoms with Gasteiger partial charge >= 0.3 is 0 Å². The maximum absolute atomic E-state index is 12.4. The van der Waals surface area contributed by atoms with Crippen molar-refractivity contribution in [1.29, 1.82) is 0 Å². The van der Waals surface area contributed by atoms with Crippen LogP contribution >= 0.6 is 11.3 Å². The van der Waals surface area contributed by atoms with E-state index in [2.05, 4.69) is 10.3 Å². The smallest absolute Gasteiger partial charge is 0.229 e. The molecule has 0 aromatic carbocycles. The van der Waals surface area contributed by atoms with Crippen molar-refractivity contribution in [1.82, 2.24) is 4.98 Å². The molecule has 6 nitrogen and oxygen atoms in total. The highest BCUT2D eigenvalue weighted by atomic mass is 32.2. The van der Waals surface area contributed by atoms with E-state index in [-0.39, 0.29) is 35.2 Å². The molecular formula is C16H22N2O4S2. The molecular weight excluding hydrogens is 348 g/mol. The lowest BCUT2D eigenvalue weighted by molar-refractivity contribution is -0.119. The summed E-state index contributed by atoms with van der Waals surface area (Å²) in [7, 11) is -2.87. The number of carbonyl (C=O) groups is 1. The average molecular weight is 370 g/mol. The molecule has 1 aromatic heterocycles. The van der Waals surface area contributed by atoms with E-state index in [0.29, 0.717) is 23.9 Å². The molecule has 2 unspecified atom stereocenters. The third-order valence-electron chi connectivity index (χ3n) is 5.45. The lowest BCUT2D eigenvalue weighted by Gasteiger charge is -2.10. The first-order valence-corrected chi connectivity index (χ1v) is 11.2. The van der Waals surface area contributed by atoms with Crippen LogP contribution in [-0.2, 0) is 25.8 Å². The largest absolute Gasteiger partial charge is 0.381 e. The quantitative estimate of drug-likeness (QED) is 0.872. The zero-order chi connectivity index (χ0) is 16.7. The van der Waals surface area contributed by atoms with Gasteiger partial charge in [-0.1, -0.05) is 0 Å². The van der Waals surface area contributed by atoms with Crippen molar-refractivity contribution in [2.75, 3.05) is 30.0 Å². The lowest BCUT2D eigenvalue weighted by Crippen LogP contribution is -2.22. The normalized spacial score (nSPS) is 34.3. The zero-order valence-electron chi connectivity index (χ0n) is 13.4. The molecule has 3 fully saturated rings. The van der Waals surface area contributed by atoms with Crippen molar-refractivity contribution in [3.63, 3.8) is 0 Å². The van der Waals surface area contributed by atoms with E-state index in [0.717, 1.165) is 31.7 Å². The van der Waals surface area contributed by atoms with Gasteiger partial charge in [0.05, 0.1) is 17.2 Å². The van der Waals surface area contributed by atoms with Crippen LogP contribution in [0.3, 0.4) is 0 Å². The number of nitrogens with zero attached hydrogens (tertiary/aromatic N) is 1. The molecule has 1 amide bonds. The van der Waals surface area contributed by atoms with Crippen molar-refractivity contribution in [3.05, 3.63) is 11.1 Å². The number of thiazole rings is 1. The molecule has 2 saturated heterocycles. The highest BCUT2D eigenvalue weighted by molar-refractivity contribution is 7.91. The van der Waals surface area contributed by atoms with Crippen molar-refractivity contribution in [2.45, 2.75) is 25.7 Å². The summed E-state index contributed by atoms with van der Waals surface area (Å²) in [5, 5.41) is 5.58. The Bertz CT molecular complexity index is 704. The fraction of sp³-hybridized carbons (Fsp3) is 0.750. The summed E-state index contributed by atoms with van der Waals surface area (Å²) in [5.41, 5.74) is 1.01. The number of nitrogens with one attached hydrogen (secondary N) is 1. The minimum atomic E-state index is -2.87. The second kappa shape index (κ2) is 6.38. The van der Waals surface area contributed by atoms with Crippen LogP contribution < -0.4 is 5.32 Å². The maximum atomic E-state index is 12.4. The molecule has 2 aliphatic heterocycles. The van der Waals surface area contributed by atoms with Gasteiger partial charge in [0.25, 0.3) is 0 Å². The number of aromatic nitrogens is 1. The van der Waals surface area contributed by atoms with Gasteiger partial charge in [-0.25, -0.2) is 13.4 Å². The Hall–Kier alpha value is -0.990. The van der Waals surface area contributed by atoms with E-state index in [9.17, 15) is 13.2 Å². The molecule has 1 aromatic rings. The molecule has 24 heavy (non-hydrogen) atoms. The Balaban J connectivity index is 1.31. The second-order valence-electron chi connectivity index (χ2n) is 7.33. The Morgan fingerprint density at radius 2 is 2.08 bits per heavy atom.